The van der Waals surface area contributed by atoms with Crippen LogP contribution in [0.25, 0.3) is 0 Å². The molecule has 0 bridgehead atoms. The van der Waals surface area contributed by atoms with E-state index >= 15 is 0 Å². The molecule has 3 aromatic rings. The number of nitrogens with one attached hydrogen (secondary N) is 2. The largest absolute Gasteiger partial charge is 0.497 e. The van der Waals surface area contributed by atoms with Crippen LogP contribution in [0.5, 0.6) is 5.75 Å². The molecule has 1 amide bonds. The summed E-state index contributed by atoms with van der Waals surface area (Å²) in [4.78, 5) is 16.6. The number of aromatic nitrogens is 1. The van der Waals surface area contributed by atoms with Gasteiger partial charge in [-0.3, -0.25) is 9.78 Å². The third-order valence-electron chi connectivity index (χ3n) is 3.81. The molecule has 2 N–H and O–H groups in total. The summed E-state index contributed by atoms with van der Waals surface area (Å²) in [5.41, 5.74) is 3.69. The Morgan fingerprint density at radius 1 is 1.04 bits per heavy atom. The van der Waals surface area contributed by atoms with Gasteiger partial charge < -0.3 is 15.4 Å². The molecule has 0 saturated carbocycles. The predicted molar refractivity (Wildman–Crippen MR) is 105 cm³/mol. The Balaban J connectivity index is 1.74. The Morgan fingerprint density at radius 3 is 2.50 bits per heavy atom. The van der Waals surface area contributed by atoms with Crippen LogP contribution in [0.4, 0.5) is 17.1 Å². The van der Waals surface area contributed by atoms with Crippen LogP contribution in [0.2, 0.25) is 5.02 Å². The average Bonchev–Trinajstić information content (AvgIpc) is 2.65. The Labute approximate surface area is 157 Å². The smallest absolute Gasteiger partial charge is 0.274 e. The van der Waals surface area contributed by atoms with E-state index in [1.807, 2.05) is 25.1 Å². The molecule has 0 spiro atoms. The number of anilines is 3. The minimum Gasteiger partial charge on any atom is -0.497 e. The van der Waals surface area contributed by atoms with E-state index in [4.69, 9.17) is 16.3 Å². The molecule has 0 aliphatic heterocycles. The van der Waals surface area contributed by atoms with Gasteiger partial charge in [-0.15, -0.1) is 0 Å². The van der Waals surface area contributed by atoms with Crippen molar-refractivity contribution < 1.29 is 9.53 Å². The van der Waals surface area contributed by atoms with E-state index in [0.29, 0.717) is 16.4 Å². The van der Waals surface area contributed by atoms with Crippen LogP contribution in [0, 0.1) is 6.92 Å². The number of nitrogens with zero attached hydrogens (tertiary/aromatic N) is 1. The van der Waals surface area contributed by atoms with Crippen LogP contribution < -0.4 is 15.4 Å². The number of aryl methyl sites for hydroxylation is 1. The lowest BCUT2D eigenvalue weighted by molar-refractivity contribution is 0.102. The topological polar surface area (TPSA) is 63.2 Å². The van der Waals surface area contributed by atoms with E-state index in [-0.39, 0.29) is 5.91 Å². The number of carbonyl (C=O) groups is 1. The third-order valence-corrected chi connectivity index (χ3v) is 4.04. The van der Waals surface area contributed by atoms with Crippen molar-refractivity contribution in [2.24, 2.45) is 0 Å². The SMILES string of the molecule is COc1ccc(NC(=O)c2cc(Nc3ccc(Cl)cc3C)ccn2)cc1. The summed E-state index contributed by atoms with van der Waals surface area (Å²) in [5.74, 6) is 0.442. The standard InChI is InChI=1S/C20H18ClN3O2/c1-13-11-14(21)3-8-18(13)23-16-9-10-22-19(12-16)20(25)24-15-4-6-17(26-2)7-5-15/h3-12H,1-2H3,(H,22,23)(H,24,25). The summed E-state index contributed by atoms with van der Waals surface area (Å²) in [6, 6.07) is 16.2. The molecule has 132 valence electrons. The van der Waals surface area contributed by atoms with E-state index in [1.54, 1.807) is 49.7 Å². The first kappa shape index (κ1) is 17.8. The van der Waals surface area contributed by atoms with Gasteiger partial charge in [0.1, 0.15) is 11.4 Å². The molecule has 0 unspecified atom stereocenters. The summed E-state index contributed by atoms with van der Waals surface area (Å²) >= 11 is 5.98. The number of rotatable bonds is 5. The van der Waals surface area contributed by atoms with Crippen LogP contribution in [-0.4, -0.2) is 18.0 Å². The minimum atomic E-state index is -0.286. The van der Waals surface area contributed by atoms with Crippen LogP contribution in [0.3, 0.4) is 0 Å². The zero-order valence-electron chi connectivity index (χ0n) is 14.4. The van der Waals surface area contributed by atoms with Crippen molar-refractivity contribution in [1.29, 1.82) is 0 Å². The molecule has 3 rings (SSSR count). The van der Waals surface area contributed by atoms with E-state index in [2.05, 4.69) is 15.6 Å². The second-order valence-electron chi connectivity index (χ2n) is 5.70. The number of hydrogen-bond donors (Lipinski definition) is 2. The number of pyridine rings is 1. The molecular formula is C20H18ClN3O2. The second-order valence-corrected chi connectivity index (χ2v) is 6.13. The van der Waals surface area contributed by atoms with Gasteiger partial charge in [-0.25, -0.2) is 0 Å². The maximum atomic E-state index is 12.4. The molecule has 5 nitrogen and oxygen atoms in total. The molecule has 0 atom stereocenters. The van der Waals surface area contributed by atoms with E-state index in [9.17, 15) is 4.79 Å². The molecule has 0 aliphatic carbocycles. The molecule has 6 heteroatoms. The average molecular weight is 368 g/mol. The predicted octanol–water partition coefficient (Wildman–Crippen LogP) is 5.05. The Hall–Kier alpha value is -3.05. The lowest BCUT2D eigenvalue weighted by Gasteiger charge is -2.11. The molecule has 0 radical (unpaired) electrons. The summed E-state index contributed by atoms with van der Waals surface area (Å²) in [6.45, 7) is 1.96. The zero-order chi connectivity index (χ0) is 18.5. The van der Waals surface area contributed by atoms with Gasteiger partial charge in [0.2, 0.25) is 0 Å². The zero-order valence-corrected chi connectivity index (χ0v) is 15.2. The lowest BCUT2D eigenvalue weighted by Crippen LogP contribution is -2.13. The molecular weight excluding hydrogens is 350 g/mol. The fraction of sp³-hybridized carbons (Fsp3) is 0.100. The fourth-order valence-corrected chi connectivity index (χ4v) is 2.65. The van der Waals surface area contributed by atoms with E-state index < -0.39 is 0 Å². The van der Waals surface area contributed by atoms with Crippen LogP contribution in [0.15, 0.2) is 60.8 Å². The number of carbonyl (C=O) groups excluding carboxylic acids is 1. The minimum absolute atomic E-state index is 0.286. The fourth-order valence-electron chi connectivity index (χ4n) is 2.42. The lowest BCUT2D eigenvalue weighted by atomic mass is 10.2. The number of ether oxygens (including phenoxy) is 1. The quantitative estimate of drug-likeness (QED) is 0.662. The number of benzene rings is 2. The molecule has 2 aromatic carbocycles. The third kappa shape index (κ3) is 4.32. The number of amides is 1. The van der Waals surface area contributed by atoms with Gasteiger partial charge in [0.05, 0.1) is 7.11 Å². The van der Waals surface area contributed by atoms with Crippen LogP contribution in [-0.2, 0) is 0 Å². The first-order chi connectivity index (χ1) is 12.5. The second kappa shape index (κ2) is 7.89. The Bertz CT molecular complexity index is 927. The maximum Gasteiger partial charge on any atom is 0.274 e. The highest BCUT2D eigenvalue weighted by molar-refractivity contribution is 6.30. The maximum absolute atomic E-state index is 12.4. The highest BCUT2D eigenvalue weighted by atomic mass is 35.5. The van der Waals surface area contributed by atoms with Gasteiger partial charge in [-0.2, -0.15) is 0 Å². The number of methoxy groups -OCH3 is 1. The number of halogens is 1. The molecule has 26 heavy (non-hydrogen) atoms. The highest BCUT2D eigenvalue weighted by Gasteiger charge is 2.09. The Kier molecular flexibility index (Phi) is 5.39. The van der Waals surface area contributed by atoms with Crippen LogP contribution >= 0.6 is 11.6 Å². The van der Waals surface area contributed by atoms with E-state index in [0.717, 1.165) is 22.7 Å². The summed E-state index contributed by atoms with van der Waals surface area (Å²) in [6.07, 6.45) is 1.59. The van der Waals surface area contributed by atoms with Gasteiger partial charge in [0, 0.05) is 28.3 Å². The molecule has 1 heterocycles. The highest BCUT2D eigenvalue weighted by Crippen LogP contribution is 2.24. The summed E-state index contributed by atoms with van der Waals surface area (Å²) < 4.78 is 5.11. The number of hydrogen-bond acceptors (Lipinski definition) is 4. The van der Waals surface area contributed by atoms with Crippen LogP contribution in [0.1, 0.15) is 16.1 Å². The summed E-state index contributed by atoms with van der Waals surface area (Å²) in [5, 5.41) is 6.78. The van der Waals surface area contributed by atoms with Gasteiger partial charge in [-0.05, 0) is 67.1 Å². The first-order valence-electron chi connectivity index (χ1n) is 8.00. The first-order valence-corrected chi connectivity index (χ1v) is 8.37. The van der Waals surface area contributed by atoms with Crippen molar-refractivity contribution in [1.82, 2.24) is 4.98 Å². The molecule has 1 aromatic heterocycles. The van der Waals surface area contributed by atoms with Gasteiger partial charge in [0.25, 0.3) is 5.91 Å². The normalized spacial score (nSPS) is 10.3. The molecule has 0 fully saturated rings. The van der Waals surface area contributed by atoms with Gasteiger partial charge >= 0.3 is 0 Å². The summed E-state index contributed by atoms with van der Waals surface area (Å²) in [7, 11) is 1.60. The van der Waals surface area contributed by atoms with E-state index in [1.165, 1.54) is 0 Å². The monoisotopic (exact) mass is 367 g/mol. The van der Waals surface area contributed by atoms with Crippen molar-refractivity contribution in [3.63, 3.8) is 0 Å². The van der Waals surface area contributed by atoms with Gasteiger partial charge in [0.15, 0.2) is 0 Å². The van der Waals surface area contributed by atoms with Crippen molar-refractivity contribution in [3.05, 3.63) is 77.1 Å². The van der Waals surface area contributed by atoms with Crippen molar-refractivity contribution in [2.45, 2.75) is 6.92 Å². The van der Waals surface area contributed by atoms with Crippen molar-refractivity contribution >= 4 is 34.6 Å². The molecule has 0 aliphatic rings. The van der Waals surface area contributed by atoms with Crippen molar-refractivity contribution in [2.75, 3.05) is 17.7 Å². The van der Waals surface area contributed by atoms with Gasteiger partial charge in [-0.1, -0.05) is 11.6 Å². The Morgan fingerprint density at radius 2 is 1.81 bits per heavy atom. The van der Waals surface area contributed by atoms with Crippen molar-refractivity contribution in [3.8, 4) is 5.75 Å². The molecule has 0 saturated heterocycles.